The van der Waals surface area contributed by atoms with Crippen molar-refractivity contribution >= 4 is 35.1 Å². The maximum Gasteiger partial charge on any atom is 0.236 e. The molecule has 2 unspecified atom stereocenters. The first kappa shape index (κ1) is 17.8. The third-order valence-electron chi connectivity index (χ3n) is 3.71. The number of amides is 1. The van der Waals surface area contributed by atoms with Crippen LogP contribution in [-0.4, -0.2) is 34.2 Å². The minimum atomic E-state index is -0.836. The summed E-state index contributed by atoms with van der Waals surface area (Å²) in [5, 5.41) is 12.1. The summed E-state index contributed by atoms with van der Waals surface area (Å²) in [5.74, 6) is 0.257. The van der Waals surface area contributed by atoms with Gasteiger partial charge in [-0.25, -0.2) is 0 Å². The molecule has 0 saturated carbocycles. The van der Waals surface area contributed by atoms with Gasteiger partial charge in [0.25, 0.3) is 0 Å². The second kappa shape index (κ2) is 7.91. The van der Waals surface area contributed by atoms with Gasteiger partial charge in [0.1, 0.15) is 5.75 Å². The molecule has 1 aliphatic rings. The predicted molar refractivity (Wildman–Crippen MR) is 97.0 cm³/mol. The number of thioether (sulfide) groups is 1. The van der Waals surface area contributed by atoms with E-state index in [1.165, 1.54) is 11.8 Å². The van der Waals surface area contributed by atoms with E-state index in [1.54, 1.807) is 36.4 Å². The molecule has 2 atom stereocenters. The number of ketones is 1. The van der Waals surface area contributed by atoms with E-state index in [9.17, 15) is 14.7 Å². The first-order valence-electron chi connectivity index (χ1n) is 7.66. The largest absolute Gasteiger partial charge is 0.485 e. The SMILES string of the molecule is O=C(COc1ccc(CC2SC(O)NC2=O)cc1)c1cccc(Cl)c1. The Hall–Kier alpha value is -2.02. The van der Waals surface area contributed by atoms with Gasteiger partial charge in [-0.05, 0) is 36.2 Å². The molecule has 0 radical (unpaired) electrons. The van der Waals surface area contributed by atoms with Crippen LogP contribution in [0.5, 0.6) is 5.75 Å². The molecule has 0 aromatic heterocycles. The predicted octanol–water partition coefficient (Wildman–Crippen LogP) is 2.65. The summed E-state index contributed by atoms with van der Waals surface area (Å²) in [6.07, 6.45) is 0.523. The second-order valence-electron chi connectivity index (χ2n) is 5.56. The topological polar surface area (TPSA) is 75.6 Å². The van der Waals surface area contributed by atoms with E-state index in [2.05, 4.69) is 5.32 Å². The van der Waals surface area contributed by atoms with Crippen molar-refractivity contribution in [3.05, 3.63) is 64.7 Å². The highest BCUT2D eigenvalue weighted by molar-refractivity contribution is 8.01. The number of carbonyl (C=O) groups excluding carboxylic acids is 2. The fourth-order valence-electron chi connectivity index (χ4n) is 2.44. The smallest absolute Gasteiger partial charge is 0.236 e. The average Bonchev–Trinajstić information content (AvgIpc) is 2.91. The van der Waals surface area contributed by atoms with Crippen molar-refractivity contribution in [2.45, 2.75) is 17.2 Å². The Morgan fingerprint density at radius 2 is 2.00 bits per heavy atom. The lowest BCUT2D eigenvalue weighted by atomic mass is 10.1. The monoisotopic (exact) mass is 377 g/mol. The summed E-state index contributed by atoms with van der Waals surface area (Å²) in [5.41, 5.74) is 0.625. The summed E-state index contributed by atoms with van der Waals surface area (Å²) < 4.78 is 5.51. The first-order chi connectivity index (χ1) is 12.0. The average molecular weight is 378 g/mol. The number of aliphatic hydroxyl groups excluding tert-OH is 1. The van der Waals surface area contributed by atoms with Gasteiger partial charge in [-0.2, -0.15) is 0 Å². The normalized spacial score (nSPS) is 19.5. The van der Waals surface area contributed by atoms with Crippen LogP contribution in [0.2, 0.25) is 5.02 Å². The quantitative estimate of drug-likeness (QED) is 0.757. The molecule has 0 aliphatic carbocycles. The van der Waals surface area contributed by atoms with Crippen molar-refractivity contribution in [2.24, 2.45) is 0 Å². The van der Waals surface area contributed by atoms with E-state index >= 15 is 0 Å². The molecular weight excluding hydrogens is 362 g/mol. The second-order valence-corrected chi connectivity index (χ2v) is 7.28. The Morgan fingerprint density at radius 1 is 1.24 bits per heavy atom. The van der Waals surface area contributed by atoms with E-state index in [0.29, 0.717) is 22.8 Å². The minimum Gasteiger partial charge on any atom is -0.485 e. The van der Waals surface area contributed by atoms with Gasteiger partial charge in [0, 0.05) is 10.6 Å². The number of ether oxygens (including phenoxy) is 1. The van der Waals surface area contributed by atoms with Crippen molar-refractivity contribution in [2.75, 3.05) is 6.61 Å². The summed E-state index contributed by atoms with van der Waals surface area (Å²) in [6, 6.07) is 13.9. The highest BCUT2D eigenvalue weighted by atomic mass is 35.5. The zero-order valence-electron chi connectivity index (χ0n) is 13.1. The molecule has 0 spiro atoms. The van der Waals surface area contributed by atoms with Crippen molar-refractivity contribution < 1.29 is 19.4 Å². The van der Waals surface area contributed by atoms with Gasteiger partial charge in [-0.3, -0.25) is 9.59 Å². The standard InChI is InChI=1S/C18H16ClNO4S/c19-13-3-1-2-12(9-13)15(21)10-24-14-6-4-11(5-7-14)8-16-17(22)20-18(23)25-16/h1-7,9,16,18,23H,8,10H2,(H,20,22). The number of nitrogens with one attached hydrogen (secondary N) is 1. The van der Waals surface area contributed by atoms with Gasteiger partial charge >= 0.3 is 0 Å². The summed E-state index contributed by atoms with van der Waals surface area (Å²) in [6.45, 7) is -0.0766. The molecule has 1 fully saturated rings. The Bertz CT molecular complexity index is 781. The minimum absolute atomic E-state index is 0.0766. The molecule has 2 N–H and O–H groups in total. The number of carbonyl (C=O) groups is 2. The van der Waals surface area contributed by atoms with Crippen LogP contribution in [0.25, 0.3) is 0 Å². The Labute approximate surface area is 154 Å². The number of hydrogen-bond donors (Lipinski definition) is 2. The van der Waals surface area contributed by atoms with Crippen LogP contribution in [0.4, 0.5) is 0 Å². The molecule has 1 aliphatic heterocycles. The van der Waals surface area contributed by atoms with Crippen LogP contribution in [0.3, 0.4) is 0 Å². The molecular formula is C18H16ClNO4S. The molecule has 2 aromatic rings. The summed E-state index contributed by atoms with van der Waals surface area (Å²) in [4.78, 5) is 23.7. The summed E-state index contributed by atoms with van der Waals surface area (Å²) >= 11 is 7.07. The van der Waals surface area contributed by atoms with E-state index in [4.69, 9.17) is 16.3 Å². The van der Waals surface area contributed by atoms with Crippen molar-refractivity contribution in [3.63, 3.8) is 0 Å². The van der Waals surface area contributed by atoms with Gasteiger partial charge in [0.05, 0.1) is 5.25 Å². The van der Waals surface area contributed by atoms with Crippen LogP contribution >= 0.6 is 23.4 Å². The molecule has 1 heterocycles. The number of hydrogen-bond acceptors (Lipinski definition) is 5. The highest BCUT2D eigenvalue weighted by Gasteiger charge is 2.31. The van der Waals surface area contributed by atoms with Gasteiger partial charge < -0.3 is 15.2 Å². The third kappa shape index (κ3) is 4.75. The maximum atomic E-state index is 12.1. The van der Waals surface area contributed by atoms with Gasteiger partial charge in [0.15, 0.2) is 18.0 Å². The van der Waals surface area contributed by atoms with E-state index in [0.717, 1.165) is 5.56 Å². The van der Waals surface area contributed by atoms with E-state index in [1.807, 2.05) is 12.1 Å². The van der Waals surface area contributed by atoms with Crippen LogP contribution in [-0.2, 0) is 11.2 Å². The maximum absolute atomic E-state index is 12.1. The molecule has 1 saturated heterocycles. The number of benzene rings is 2. The van der Waals surface area contributed by atoms with Crippen LogP contribution in [0.1, 0.15) is 15.9 Å². The molecule has 130 valence electrons. The van der Waals surface area contributed by atoms with Crippen LogP contribution < -0.4 is 10.1 Å². The zero-order valence-corrected chi connectivity index (χ0v) is 14.7. The molecule has 3 rings (SSSR count). The van der Waals surface area contributed by atoms with Crippen molar-refractivity contribution in [1.29, 1.82) is 0 Å². The van der Waals surface area contributed by atoms with Gasteiger partial charge in [0.2, 0.25) is 5.91 Å². The van der Waals surface area contributed by atoms with Gasteiger partial charge in [-0.1, -0.05) is 47.6 Å². The first-order valence-corrected chi connectivity index (χ1v) is 8.98. The number of aliphatic hydroxyl groups is 1. The fourth-order valence-corrected chi connectivity index (χ4v) is 3.60. The third-order valence-corrected chi connectivity index (χ3v) is 5.03. The molecule has 25 heavy (non-hydrogen) atoms. The van der Waals surface area contributed by atoms with Crippen LogP contribution in [0, 0.1) is 0 Å². The number of rotatable bonds is 6. The Morgan fingerprint density at radius 3 is 2.64 bits per heavy atom. The van der Waals surface area contributed by atoms with E-state index < -0.39 is 5.56 Å². The lowest BCUT2D eigenvalue weighted by Gasteiger charge is -2.09. The van der Waals surface area contributed by atoms with Crippen molar-refractivity contribution in [1.82, 2.24) is 5.32 Å². The molecule has 7 heteroatoms. The Kier molecular flexibility index (Phi) is 5.63. The highest BCUT2D eigenvalue weighted by Crippen LogP contribution is 2.25. The number of halogens is 1. The Balaban J connectivity index is 1.54. The molecule has 0 bridgehead atoms. The lowest BCUT2D eigenvalue weighted by molar-refractivity contribution is -0.121. The van der Waals surface area contributed by atoms with Gasteiger partial charge in [-0.15, -0.1) is 0 Å². The fraction of sp³-hybridized carbons (Fsp3) is 0.222. The van der Waals surface area contributed by atoms with Crippen molar-refractivity contribution in [3.8, 4) is 5.75 Å². The van der Waals surface area contributed by atoms with E-state index in [-0.39, 0.29) is 23.5 Å². The summed E-state index contributed by atoms with van der Waals surface area (Å²) in [7, 11) is 0. The van der Waals surface area contributed by atoms with Crippen LogP contribution in [0.15, 0.2) is 48.5 Å². The molecule has 5 nitrogen and oxygen atoms in total. The lowest BCUT2D eigenvalue weighted by Crippen LogP contribution is -2.27. The molecule has 2 aromatic carbocycles. The zero-order chi connectivity index (χ0) is 17.8. The molecule has 1 amide bonds. The number of Topliss-reactive ketones (excluding diaryl/α,β-unsaturated/α-hetero) is 1.